The van der Waals surface area contributed by atoms with Crippen molar-refractivity contribution in [3.63, 3.8) is 0 Å². The number of pyridine rings is 2. The van der Waals surface area contributed by atoms with E-state index in [-0.39, 0.29) is 5.56 Å². The van der Waals surface area contributed by atoms with Crippen LogP contribution >= 0.6 is 11.3 Å². The van der Waals surface area contributed by atoms with Crippen LogP contribution in [-0.2, 0) is 0 Å². The lowest BCUT2D eigenvalue weighted by Crippen LogP contribution is -2.09. The van der Waals surface area contributed by atoms with Crippen molar-refractivity contribution in [2.45, 2.75) is 6.92 Å². The van der Waals surface area contributed by atoms with Gasteiger partial charge >= 0.3 is 0 Å². The van der Waals surface area contributed by atoms with E-state index in [4.69, 9.17) is 0 Å². The highest BCUT2D eigenvalue weighted by Crippen LogP contribution is 2.35. The van der Waals surface area contributed by atoms with E-state index in [0.717, 1.165) is 26.4 Å². The van der Waals surface area contributed by atoms with Crippen LogP contribution in [0, 0.1) is 6.92 Å². The lowest BCUT2D eigenvalue weighted by molar-refractivity contribution is 1.17. The number of H-pyrrole nitrogens is 1. The van der Waals surface area contributed by atoms with Crippen LogP contribution in [0.5, 0.6) is 0 Å². The first-order valence-electron chi connectivity index (χ1n) is 7.08. The molecule has 0 aliphatic heterocycles. The SMILES string of the molecule is Cc1c(-c2ccncc2)sc2[nH]c(-c3cccnc3)nc(=O)c12. The smallest absolute Gasteiger partial charge is 0.282 e. The number of fused-ring (bicyclic) bond motifs is 1. The molecule has 4 aromatic heterocycles. The summed E-state index contributed by atoms with van der Waals surface area (Å²) in [7, 11) is 0. The molecule has 6 heteroatoms. The Bertz CT molecular complexity index is 1040. The zero-order valence-corrected chi connectivity index (χ0v) is 13.1. The summed E-state index contributed by atoms with van der Waals surface area (Å²) in [6, 6.07) is 7.58. The maximum atomic E-state index is 12.5. The lowest BCUT2D eigenvalue weighted by atomic mass is 10.1. The van der Waals surface area contributed by atoms with Crippen LogP contribution in [0.1, 0.15) is 5.56 Å². The molecular formula is C17H12N4OS. The minimum atomic E-state index is -0.216. The fraction of sp³-hybridized carbons (Fsp3) is 0.0588. The third-order valence-corrected chi connectivity index (χ3v) is 4.94. The summed E-state index contributed by atoms with van der Waals surface area (Å²) in [4.78, 5) is 29.9. The number of aromatic amines is 1. The third-order valence-electron chi connectivity index (χ3n) is 3.68. The molecule has 112 valence electrons. The standard InChI is InChI=1S/C17H12N4OS/c1-10-13-16(22)20-15(12-3-2-6-19-9-12)21-17(13)23-14(10)11-4-7-18-8-5-11/h2-9H,1H3,(H,20,21,22). The number of hydrogen-bond acceptors (Lipinski definition) is 5. The molecule has 1 N–H and O–H groups in total. The molecule has 0 radical (unpaired) electrons. The van der Waals surface area contributed by atoms with Crippen molar-refractivity contribution < 1.29 is 0 Å². The van der Waals surface area contributed by atoms with Gasteiger partial charge in [0.05, 0.1) is 5.39 Å². The minimum Gasteiger partial charge on any atom is -0.331 e. The Morgan fingerprint density at radius 1 is 1.04 bits per heavy atom. The van der Waals surface area contributed by atoms with Crippen molar-refractivity contribution in [1.29, 1.82) is 0 Å². The number of rotatable bonds is 2. The van der Waals surface area contributed by atoms with Crippen LogP contribution in [0.15, 0.2) is 53.8 Å². The predicted octanol–water partition coefficient (Wildman–Crippen LogP) is 3.42. The number of nitrogens with one attached hydrogen (secondary N) is 1. The van der Waals surface area contributed by atoms with Gasteiger partial charge < -0.3 is 4.98 Å². The van der Waals surface area contributed by atoms with Gasteiger partial charge in [0.25, 0.3) is 5.56 Å². The highest BCUT2D eigenvalue weighted by Gasteiger charge is 2.15. The third kappa shape index (κ3) is 2.33. The van der Waals surface area contributed by atoms with Crippen molar-refractivity contribution >= 4 is 21.6 Å². The molecule has 0 saturated heterocycles. The molecule has 4 rings (SSSR count). The van der Waals surface area contributed by atoms with Gasteiger partial charge in [-0.3, -0.25) is 14.8 Å². The normalized spacial score (nSPS) is 11.0. The zero-order chi connectivity index (χ0) is 15.8. The molecule has 0 amide bonds. The monoisotopic (exact) mass is 320 g/mol. The Hall–Kier alpha value is -2.86. The van der Waals surface area contributed by atoms with Gasteiger partial charge in [0, 0.05) is 35.2 Å². The Labute approximate surface area is 135 Å². The highest BCUT2D eigenvalue weighted by atomic mass is 32.1. The van der Waals surface area contributed by atoms with Crippen molar-refractivity contribution in [1.82, 2.24) is 19.9 Å². The second-order valence-electron chi connectivity index (χ2n) is 5.13. The maximum Gasteiger partial charge on any atom is 0.282 e. The van der Waals surface area contributed by atoms with Crippen LogP contribution in [0.4, 0.5) is 0 Å². The van der Waals surface area contributed by atoms with E-state index in [0.29, 0.717) is 11.2 Å². The van der Waals surface area contributed by atoms with E-state index in [2.05, 4.69) is 19.9 Å². The average Bonchev–Trinajstić information content (AvgIpc) is 2.94. The highest BCUT2D eigenvalue weighted by molar-refractivity contribution is 7.22. The van der Waals surface area contributed by atoms with E-state index >= 15 is 0 Å². The van der Waals surface area contributed by atoms with E-state index < -0.39 is 0 Å². The molecule has 0 fully saturated rings. The van der Waals surface area contributed by atoms with Gasteiger partial charge in [0.2, 0.25) is 0 Å². The van der Waals surface area contributed by atoms with Crippen molar-refractivity contribution in [2.75, 3.05) is 0 Å². The first-order chi connectivity index (χ1) is 11.2. The maximum absolute atomic E-state index is 12.5. The summed E-state index contributed by atoms with van der Waals surface area (Å²) in [6.45, 7) is 1.95. The number of nitrogens with zero attached hydrogens (tertiary/aromatic N) is 3. The zero-order valence-electron chi connectivity index (χ0n) is 12.3. The summed E-state index contributed by atoms with van der Waals surface area (Å²) in [5, 5.41) is 0.648. The molecule has 0 atom stereocenters. The Kier molecular flexibility index (Phi) is 3.24. The van der Waals surface area contributed by atoms with Gasteiger partial charge in [-0.1, -0.05) is 0 Å². The fourth-order valence-electron chi connectivity index (χ4n) is 2.57. The largest absolute Gasteiger partial charge is 0.331 e. The first kappa shape index (κ1) is 13.8. The lowest BCUT2D eigenvalue weighted by Gasteiger charge is -2.00. The van der Waals surface area contributed by atoms with Crippen LogP contribution in [-0.4, -0.2) is 19.9 Å². The Morgan fingerprint density at radius 2 is 1.87 bits per heavy atom. The number of thiophene rings is 1. The molecule has 4 heterocycles. The number of aromatic nitrogens is 4. The van der Waals surface area contributed by atoms with Crippen molar-refractivity contribution in [3.8, 4) is 21.8 Å². The van der Waals surface area contributed by atoms with Gasteiger partial charge in [-0.25, -0.2) is 0 Å². The van der Waals surface area contributed by atoms with E-state index in [1.807, 2.05) is 31.2 Å². The second kappa shape index (κ2) is 5.40. The molecule has 0 spiro atoms. The van der Waals surface area contributed by atoms with E-state index in [1.165, 1.54) is 0 Å². The number of aryl methyl sites for hydroxylation is 1. The molecular weight excluding hydrogens is 308 g/mol. The average molecular weight is 320 g/mol. The fourth-order valence-corrected chi connectivity index (χ4v) is 3.77. The Balaban J connectivity index is 1.97. The molecule has 23 heavy (non-hydrogen) atoms. The van der Waals surface area contributed by atoms with Crippen LogP contribution < -0.4 is 5.56 Å². The molecule has 4 aromatic rings. The van der Waals surface area contributed by atoms with Gasteiger partial charge in [-0.05, 0) is 42.3 Å². The summed E-state index contributed by atoms with van der Waals surface area (Å²) < 4.78 is 0. The van der Waals surface area contributed by atoms with Crippen LogP contribution in [0.25, 0.3) is 32.0 Å². The molecule has 0 bridgehead atoms. The second-order valence-corrected chi connectivity index (χ2v) is 6.15. The van der Waals surface area contributed by atoms with Gasteiger partial charge in [0.15, 0.2) is 0 Å². The summed E-state index contributed by atoms with van der Waals surface area (Å²) in [5.74, 6) is 0.540. The molecule has 0 unspecified atom stereocenters. The predicted molar refractivity (Wildman–Crippen MR) is 91.4 cm³/mol. The van der Waals surface area contributed by atoms with Crippen molar-refractivity contribution in [3.05, 3.63) is 65.0 Å². The van der Waals surface area contributed by atoms with Gasteiger partial charge in [0.1, 0.15) is 10.7 Å². The number of hydrogen-bond donors (Lipinski definition) is 1. The molecule has 5 nitrogen and oxygen atoms in total. The van der Waals surface area contributed by atoms with Crippen LogP contribution in [0.3, 0.4) is 0 Å². The Morgan fingerprint density at radius 3 is 2.61 bits per heavy atom. The molecule has 0 aliphatic rings. The van der Waals surface area contributed by atoms with E-state index in [1.54, 1.807) is 36.1 Å². The van der Waals surface area contributed by atoms with Crippen molar-refractivity contribution in [2.24, 2.45) is 0 Å². The van der Waals surface area contributed by atoms with Gasteiger partial charge in [-0.2, -0.15) is 4.98 Å². The quantitative estimate of drug-likeness (QED) is 0.614. The molecule has 0 aliphatic carbocycles. The topological polar surface area (TPSA) is 71.5 Å². The van der Waals surface area contributed by atoms with Gasteiger partial charge in [-0.15, -0.1) is 11.3 Å². The molecule has 0 aromatic carbocycles. The summed E-state index contributed by atoms with van der Waals surface area (Å²) in [6.07, 6.45) is 6.88. The van der Waals surface area contributed by atoms with Crippen LogP contribution in [0.2, 0.25) is 0 Å². The van der Waals surface area contributed by atoms with E-state index in [9.17, 15) is 4.79 Å². The molecule has 0 saturated carbocycles. The summed E-state index contributed by atoms with van der Waals surface area (Å²) >= 11 is 1.56. The summed E-state index contributed by atoms with van der Waals surface area (Å²) in [5.41, 5.74) is 2.58. The first-order valence-corrected chi connectivity index (χ1v) is 7.90. The minimum absolute atomic E-state index is 0.216.